The molecular formula is C21H13ClN2O3. The number of fused-ring (bicyclic) bond motifs is 3. The molecule has 0 aliphatic heterocycles. The first kappa shape index (κ1) is 15.8. The van der Waals surface area contributed by atoms with Crippen molar-refractivity contribution in [2.24, 2.45) is 0 Å². The average molecular weight is 377 g/mol. The summed E-state index contributed by atoms with van der Waals surface area (Å²) in [6.07, 6.45) is 0. The molecule has 5 nitrogen and oxygen atoms in total. The number of aliphatic hydroxyl groups is 2. The van der Waals surface area contributed by atoms with E-state index in [2.05, 4.69) is 29.2 Å². The summed E-state index contributed by atoms with van der Waals surface area (Å²) in [5.41, 5.74) is 5.36. The van der Waals surface area contributed by atoms with E-state index in [-0.39, 0.29) is 5.55 Å². The van der Waals surface area contributed by atoms with E-state index in [0.29, 0.717) is 21.9 Å². The SMILES string of the molecule is OC(O)=c1oc2nc3cc(-c4ccc(-c5ccccc5)cc4)c(Cl)cc3n12. The summed E-state index contributed by atoms with van der Waals surface area (Å²) in [4.78, 5) is 4.35. The normalized spacial score (nSPS) is 11.4. The van der Waals surface area contributed by atoms with Crippen LogP contribution in [-0.2, 0) is 0 Å². The minimum Gasteiger partial charge on any atom is -0.477 e. The van der Waals surface area contributed by atoms with Gasteiger partial charge in [-0.2, -0.15) is 4.98 Å². The predicted molar refractivity (Wildman–Crippen MR) is 105 cm³/mol. The van der Waals surface area contributed by atoms with Crippen molar-refractivity contribution in [2.75, 3.05) is 0 Å². The third-order valence-electron chi connectivity index (χ3n) is 4.60. The van der Waals surface area contributed by atoms with Gasteiger partial charge in [-0.3, -0.25) is 0 Å². The molecule has 0 spiro atoms. The standard InChI is InChI=1S/C21H13ClN2O3/c22-16-11-18-17(23-21-24(18)19(27-21)20(25)26)10-15(16)14-8-6-13(7-9-14)12-4-2-1-3-5-12/h1-11,25-26H. The molecule has 0 radical (unpaired) electrons. The van der Waals surface area contributed by atoms with E-state index in [0.717, 1.165) is 22.3 Å². The Bertz CT molecular complexity index is 1330. The zero-order valence-corrected chi connectivity index (χ0v) is 14.7. The number of rotatable bonds is 2. The van der Waals surface area contributed by atoms with Gasteiger partial charge in [0.15, 0.2) is 0 Å². The second kappa shape index (κ2) is 5.79. The van der Waals surface area contributed by atoms with Gasteiger partial charge in [0.2, 0.25) is 0 Å². The van der Waals surface area contributed by atoms with Crippen LogP contribution < -0.4 is 5.55 Å². The Morgan fingerprint density at radius 1 is 0.889 bits per heavy atom. The van der Waals surface area contributed by atoms with Gasteiger partial charge in [0.1, 0.15) is 0 Å². The average Bonchev–Trinajstić information content (AvgIpc) is 2.92. The quantitative estimate of drug-likeness (QED) is 0.456. The van der Waals surface area contributed by atoms with E-state index >= 15 is 0 Å². The van der Waals surface area contributed by atoms with Crippen molar-refractivity contribution < 1.29 is 14.6 Å². The number of benzene rings is 3. The molecule has 6 heteroatoms. The molecule has 2 aromatic heterocycles. The van der Waals surface area contributed by atoms with Crippen LogP contribution in [0.2, 0.25) is 5.02 Å². The summed E-state index contributed by atoms with van der Waals surface area (Å²) in [5.74, 6) is -0.591. The van der Waals surface area contributed by atoms with Crippen molar-refractivity contribution in [1.82, 2.24) is 9.38 Å². The largest absolute Gasteiger partial charge is 0.477 e. The number of imidazole rings is 1. The Balaban J connectivity index is 1.62. The minimum atomic E-state index is -0.890. The van der Waals surface area contributed by atoms with E-state index in [1.165, 1.54) is 4.40 Å². The Hall–Kier alpha value is -3.44. The van der Waals surface area contributed by atoms with Gasteiger partial charge < -0.3 is 14.6 Å². The minimum absolute atomic E-state index is 0.0523. The van der Waals surface area contributed by atoms with E-state index in [4.69, 9.17) is 16.0 Å². The molecule has 27 heavy (non-hydrogen) atoms. The van der Waals surface area contributed by atoms with Crippen molar-refractivity contribution in [3.8, 4) is 22.3 Å². The molecule has 5 aromatic rings. The fraction of sp³-hybridized carbons (Fsp3) is 0. The molecule has 0 bridgehead atoms. The van der Waals surface area contributed by atoms with Crippen LogP contribution in [0.3, 0.4) is 0 Å². The lowest BCUT2D eigenvalue weighted by atomic mass is 10.00. The van der Waals surface area contributed by atoms with Crippen LogP contribution in [-0.4, -0.2) is 19.6 Å². The summed E-state index contributed by atoms with van der Waals surface area (Å²) >= 11 is 6.50. The lowest BCUT2D eigenvalue weighted by Crippen LogP contribution is -2.21. The van der Waals surface area contributed by atoms with Crippen LogP contribution in [0.25, 0.3) is 45.1 Å². The molecule has 0 saturated heterocycles. The topological polar surface area (TPSA) is 70.9 Å². The van der Waals surface area contributed by atoms with Gasteiger partial charge in [0, 0.05) is 5.56 Å². The molecule has 0 atom stereocenters. The molecular weight excluding hydrogens is 364 g/mol. The molecule has 0 aliphatic rings. The molecule has 2 N–H and O–H groups in total. The van der Waals surface area contributed by atoms with E-state index in [1.807, 2.05) is 36.4 Å². The molecule has 3 aromatic carbocycles. The van der Waals surface area contributed by atoms with Crippen LogP contribution in [0.1, 0.15) is 0 Å². The number of nitrogens with zero attached hydrogens (tertiary/aromatic N) is 2. The van der Waals surface area contributed by atoms with Gasteiger partial charge in [-0.05, 0) is 28.8 Å². The summed E-state index contributed by atoms with van der Waals surface area (Å²) in [6, 6.07) is 21.9. The number of aromatic nitrogens is 2. The third kappa shape index (κ3) is 2.44. The molecule has 0 aliphatic carbocycles. The van der Waals surface area contributed by atoms with Crippen molar-refractivity contribution in [3.05, 3.63) is 77.3 Å². The first-order valence-electron chi connectivity index (χ1n) is 8.30. The van der Waals surface area contributed by atoms with Crippen molar-refractivity contribution >= 4 is 34.4 Å². The summed E-state index contributed by atoms with van der Waals surface area (Å²) in [6.45, 7) is 0. The van der Waals surface area contributed by atoms with Crippen molar-refractivity contribution in [1.29, 1.82) is 0 Å². The summed E-state index contributed by atoms with van der Waals surface area (Å²) in [5, 5.41) is 19.0. The molecule has 2 heterocycles. The molecule has 0 unspecified atom stereocenters. The fourth-order valence-corrected chi connectivity index (χ4v) is 3.54. The summed E-state index contributed by atoms with van der Waals surface area (Å²) < 4.78 is 6.68. The van der Waals surface area contributed by atoms with Crippen molar-refractivity contribution in [2.45, 2.75) is 0 Å². The smallest absolute Gasteiger partial charge is 0.338 e. The Kier molecular flexibility index (Phi) is 3.39. The molecule has 0 amide bonds. The Morgan fingerprint density at radius 3 is 2.26 bits per heavy atom. The van der Waals surface area contributed by atoms with Crippen LogP contribution in [0.5, 0.6) is 0 Å². The second-order valence-electron chi connectivity index (χ2n) is 6.22. The third-order valence-corrected chi connectivity index (χ3v) is 4.91. The fourth-order valence-electron chi connectivity index (χ4n) is 3.27. The van der Waals surface area contributed by atoms with Gasteiger partial charge in [-0.25, -0.2) is 4.40 Å². The first-order valence-corrected chi connectivity index (χ1v) is 8.68. The zero-order chi connectivity index (χ0) is 18.5. The second-order valence-corrected chi connectivity index (χ2v) is 6.63. The molecule has 0 saturated carbocycles. The Morgan fingerprint density at radius 2 is 1.56 bits per heavy atom. The van der Waals surface area contributed by atoms with Crippen LogP contribution in [0.15, 0.2) is 71.1 Å². The molecule has 132 valence electrons. The lowest BCUT2D eigenvalue weighted by molar-refractivity contribution is 0.267. The van der Waals surface area contributed by atoms with Gasteiger partial charge >= 0.3 is 11.8 Å². The highest BCUT2D eigenvalue weighted by atomic mass is 35.5. The summed E-state index contributed by atoms with van der Waals surface area (Å²) in [7, 11) is 0. The van der Waals surface area contributed by atoms with Gasteiger partial charge in [-0.1, -0.05) is 66.2 Å². The monoisotopic (exact) mass is 376 g/mol. The zero-order valence-electron chi connectivity index (χ0n) is 13.9. The van der Waals surface area contributed by atoms with E-state index < -0.39 is 5.95 Å². The molecule has 0 fully saturated rings. The maximum absolute atomic E-state index is 9.25. The van der Waals surface area contributed by atoms with Crippen LogP contribution in [0, 0.1) is 0 Å². The number of aliphatic hydroxyl groups excluding tert-OH is 1. The predicted octanol–water partition coefficient (Wildman–Crippen LogP) is 4.97. The number of halogens is 1. The highest BCUT2D eigenvalue weighted by Gasteiger charge is 2.17. The van der Waals surface area contributed by atoms with Crippen LogP contribution >= 0.6 is 11.6 Å². The maximum atomic E-state index is 9.25. The van der Waals surface area contributed by atoms with E-state index in [1.54, 1.807) is 6.07 Å². The van der Waals surface area contributed by atoms with Crippen molar-refractivity contribution in [3.63, 3.8) is 0 Å². The highest BCUT2D eigenvalue weighted by Crippen LogP contribution is 2.33. The van der Waals surface area contributed by atoms with Gasteiger partial charge in [0.25, 0.3) is 5.55 Å². The first-order chi connectivity index (χ1) is 13.1. The van der Waals surface area contributed by atoms with E-state index in [9.17, 15) is 10.2 Å². The maximum Gasteiger partial charge on any atom is 0.338 e. The molecule has 5 rings (SSSR count). The van der Waals surface area contributed by atoms with Crippen LogP contribution in [0.4, 0.5) is 0 Å². The number of hydrogen-bond acceptors (Lipinski definition) is 4. The Labute approximate surface area is 158 Å². The van der Waals surface area contributed by atoms with Gasteiger partial charge in [0.05, 0.1) is 16.1 Å². The number of hydrogen-bond donors (Lipinski definition) is 2. The lowest BCUT2D eigenvalue weighted by Gasteiger charge is -2.07. The van der Waals surface area contributed by atoms with Gasteiger partial charge in [-0.15, -0.1) is 0 Å². The highest BCUT2D eigenvalue weighted by molar-refractivity contribution is 6.34.